The van der Waals surface area contributed by atoms with Gasteiger partial charge in [0, 0.05) is 12.1 Å². The van der Waals surface area contributed by atoms with Crippen molar-refractivity contribution in [3.63, 3.8) is 0 Å². The summed E-state index contributed by atoms with van der Waals surface area (Å²) in [7, 11) is 0. The number of rotatable bonds is 3. The Kier molecular flexibility index (Phi) is 3.57. The van der Waals surface area contributed by atoms with Gasteiger partial charge in [0.15, 0.2) is 11.3 Å². The van der Waals surface area contributed by atoms with E-state index < -0.39 is 0 Å². The highest BCUT2D eigenvalue weighted by molar-refractivity contribution is 5.74. The van der Waals surface area contributed by atoms with Crippen LogP contribution >= 0.6 is 0 Å². The number of nitrogens with one attached hydrogen (secondary N) is 1. The highest BCUT2D eigenvalue weighted by Crippen LogP contribution is 2.41. The first-order valence-electron chi connectivity index (χ1n) is 9.07. The summed E-state index contributed by atoms with van der Waals surface area (Å²) < 4.78 is 8.27. The summed E-state index contributed by atoms with van der Waals surface area (Å²) in [4.78, 5) is 7.53. The second-order valence-corrected chi connectivity index (χ2v) is 7.15. The van der Waals surface area contributed by atoms with E-state index in [1.165, 1.54) is 0 Å². The molecule has 1 N–H and O–H groups in total. The Labute approximate surface area is 155 Å². The number of aromatic nitrogens is 5. The van der Waals surface area contributed by atoms with Gasteiger partial charge in [-0.1, -0.05) is 6.92 Å². The highest BCUT2D eigenvalue weighted by atomic mass is 16.5. The Balaban J connectivity index is 1.43. The van der Waals surface area contributed by atoms with Crippen molar-refractivity contribution in [3.05, 3.63) is 54.1 Å². The molecule has 1 aliphatic carbocycles. The number of aromatic amines is 1. The second kappa shape index (κ2) is 6.09. The Morgan fingerprint density at radius 3 is 2.85 bits per heavy atom. The van der Waals surface area contributed by atoms with E-state index in [4.69, 9.17) is 10.00 Å². The van der Waals surface area contributed by atoms with Crippen LogP contribution in [0.1, 0.15) is 37.1 Å². The first kappa shape index (κ1) is 15.8. The van der Waals surface area contributed by atoms with Crippen LogP contribution in [0.2, 0.25) is 0 Å². The van der Waals surface area contributed by atoms with Gasteiger partial charge in [0.1, 0.15) is 11.6 Å². The van der Waals surface area contributed by atoms with Crippen LogP contribution in [0, 0.1) is 17.2 Å². The molecule has 134 valence electrons. The minimum absolute atomic E-state index is 0.119. The highest BCUT2D eigenvalue weighted by Gasteiger charge is 2.36. The van der Waals surface area contributed by atoms with Crippen LogP contribution in [0.5, 0.6) is 5.75 Å². The van der Waals surface area contributed by atoms with Crippen LogP contribution in [0.4, 0.5) is 0 Å². The molecule has 5 rings (SSSR count). The number of hydrogen-bond acceptors (Lipinski definition) is 5. The summed E-state index contributed by atoms with van der Waals surface area (Å²) in [6, 6.07) is 11.4. The van der Waals surface area contributed by atoms with Crippen molar-refractivity contribution < 1.29 is 4.74 Å². The SMILES string of the molecule is C[C@H]1C[C@H](Oc2ccc(C#N)cc2)C[C@@H]1c1nnc2cnc3[nH]ccc3n12. The quantitative estimate of drug-likeness (QED) is 0.606. The molecule has 0 bridgehead atoms. The van der Waals surface area contributed by atoms with Crippen LogP contribution in [-0.2, 0) is 0 Å². The van der Waals surface area contributed by atoms with Gasteiger partial charge in [-0.15, -0.1) is 10.2 Å². The van der Waals surface area contributed by atoms with Crippen LogP contribution in [-0.4, -0.2) is 30.7 Å². The van der Waals surface area contributed by atoms with Gasteiger partial charge in [0.25, 0.3) is 0 Å². The molecule has 1 aliphatic rings. The molecule has 1 fully saturated rings. The third kappa shape index (κ3) is 2.61. The van der Waals surface area contributed by atoms with Gasteiger partial charge >= 0.3 is 0 Å². The van der Waals surface area contributed by atoms with Crippen molar-refractivity contribution in [1.82, 2.24) is 24.6 Å². The van der Waals surface area contributed by atoms with E-state index in [0.717, 1.165) is 41.2 Å². The predicted octanol–water partition coefficient (Wildman–Crippen LogP) is 3.44. The average Bonchev–Trinajstić information content (AvgIpc) is 3.39. The zero-order valence-electron chi connectivity index (χ0n) is 14.8. The maximum absolute atomic E-state index is 8.92. The average molecular weight is 358 g/mol. The van der Waals surface area contributed by atoms with E-state index in [2.05, 4.69) is 37.6 Å². The Morgan fingerprint density at radius 2 is 2.04 bits per heavy atom. The number of fused-ring (bicyclic) bond motifs is 3. The molecule has 0 saturated heterocycles. The lowest BCUT2D eigenvalue weighted by Crippen LogP contribution is -2.12. The van der Waals surface area contributed by atoms with Gasteiger partial charge in [-0.3, -0.25) is 4.40 Å². The standard InChI is InChI=1S/C20H18N6O/c1-12-8-15(27-14-4-2-13(10-21)3-5-14)9-16(12)20-25-24-18-11-23-19-17(26(18)20)6-7-22-19/h2-7,11-12,15-16,22H,8-9H2,1H3/t12-,15-,16-/m0/s1. The second-order valence-electron chi connectivity index (χ2n) is 7.15. The van der Waals surface area contributed by atoms with E-state index in [9.17, 15) is 0 Å². The van der Waals surface area contributed by atoms with Gasteiger partial charge in [-0.2, -0.15) is 5.26 Å². The number of hydrogen-bond donors (Lipinski definition) is 1. The van der Waals surface area contributed by atoms with Gasteiger partial charge in [-0.25, -0.2) is 4.98 Å². The zero-order chi connectivity index (χ0) is 18.4. The van der Waals surface area contributed by atoms with Gasteiger partial charge in [0.05, 0.1) is 29.5 Å². The largest absolute Gasteiger partial charge is 0.490 e. The molecule has 7 nitrogen and oxygen atoms in total. The van der Waals surface area contributed by atoms with Gasteiger partial charge in [-0.05, 0) is 49.1 Å². The molecule has 7 heteroatoms. The molecule has 3 aromatic heterocycles. The predicted molar refractivity (Wildman–Crippen MR) is 99.4 cm³/mol. The van der Waals surface area contributed by atoms with E-state index in [1.807, 2.05) is 24.4 Å². The van der Waals surface area contributed by atoms with E-state index >= 15 is 0 Å². The maximum Gasteiger partial charge on any atom is 0.179 e. The lowest BCUT2D eigenvalue weighted by atomic mass is 9.97. The molecule has 0 spiro atoms. The van der Waals surface area contributed by atoms with Crippen molar-refractivity contribution in [3.8, 4) is 11.8 Å². The molecule has 1 saturated carbocycles. The fourth-order valence-electron chi connectivity index (χ4n) is 4.09. The van der Waals surface area contributed by atoms with Crippen molar-refractivity contribution in [2.24, 2.45) is 5.92 Å². The number of nitriles is 1. The summed E-state index contributed by atoms with van der Waals surface area (Å²) in [5.74, 6) is 2.47. The molecule has 1 aromatic carbocycles. The normalized spacial score (nSPS) is 22.3. The monoisotopic (exact) mass is 358 g/mol. The van der Waals surface area contributed by atoms with Crippen LogP contribution in [0.15, 0.2) is 42.7 Å². The molecule has 27 heavy (non-hydrogen) atoms. The summed E-state index contributed by atoms with van der Waals surface area (Å²) in [6.07, 6.45) is 5.60. The minimum atomic E-state index is 0.119. The Bertz CT molecular complexity index is 1150. The smallest absolute Gasteiger partial charge is 0.179 e. The number of benzene rings is 1. The molecule has 3 heterocycles. The van der Waals surface area contributed by atoms with Crippen molar-refractivity contribution in [2.75, 3.05) is 0 Å². The van der Waals surface area contributed by atoms with Gasteiger partial charge in [0.2, 0.25) is 0 Å². The third-order valence-electron chi connectivity index (χ3n) is 5.42. The maximum atomic E-state index is 8.92. The van der Waals surface area contributed by atoms with E-state index in [-0.39, 0.29) is 12.0 Å². The van der Waals surface area contributed by atoms with Crippen LogP contribution in [0.25, 0.3) is 16.8 Å². The van der Waals surface area contributed by atoms with E-state index in [0.29, 0.717) is 11.5 Å². The Hall–Kier alpha value is -3.40. The molecule has 0 unspecified atom stereocenters. The van der Waals surface area contributed by atoms with Crippen LogP contribution in [0.3, 0.4) is 0 Å². The molecule has 4 aromatic rings. The fraction of sp³-hybridized carbons (Fsp3) is 0.300. The topological polar surface area (TPSA) is 91.9 Å². The summed E-state index contributed by atoms with van der Waals surface area (Å²) in [6.45, 7) is 2.24. The zero-order valence-corrected chi connectivity index (χ0v) is 14.8. The molecule has 0 amide bonds. The van der Waals surface area contributed by atoms with Crippen LogP contribution < -0.4 is 4.74 Å². The van der Waals surface area contributed by atoms with Crippen molar-refractivity contribution in [1.29, 1.82) is 5.26 Å². The number of H-pyrrole nitrogens is 1. The molecular weight excluding hydrogens is 340 g/mol. The first-order valence-corrected chi connectivity index (χ1v) is 9.07. The number of nitrogens with zero attached hydrogens (tertiary/aromatic N) is 5. The number of ether oxygens (including phenoxy) is 1. The summed E-state index contributed by atoms with van der Waals surface area (Å²) in [5.41, 5.74) is 3.23. The molecule has 3 atom stereocenters. The van der Waals surface area contributed by atoms with Gasteiger partial charge < -0.3 is 9.72 Å². The Morgan fingerprint density at radius 1 is 1.19 bits per heavy atom. The van der Waals surface area contributed by atoms with E-state index in [1.54, 1.807) is 18.3 Å². The lowest BCUT2D eigenvalue weighted by molar-refractivity contribution is 0.204. The third-order valence-corrected chi connectivity index (χ3v) is 5.42. The first-order chi connectivity index (χ1) is 13.2. The fourth-order valence-corrected chi connectivity index (χ4v) is 4.09. The summed E-state index contributed by atoms with van der Waals surface area (Å²) in [5, 5.41) is 17.7. The molecule has 0 aliphatic heterocycles. The minimum Gasteiger partial charge on any atom is -0.490 e. The lowest BCUT2D eigenvalue weighted by Gasteiger charge is -2.14. The molecule has 0 radical (unpaired) electrons. The molecular formula is C20H18N6O. The summed E-state index contributed by atoms with van der Waals surface area (Å²) >= 11 is 0. The van der Waals surface area contributed by atoms with Crippen molar-refractivity contribution >= 4 is 16.8 Å². The van der Waals surface area contributed by atoms with Crippen molar-refractivity contribution in [2.45, 2.75) is 31.8 Å².